The largest absolute Gasteiger partial charge is 0.508 e. The van der Waals surface area contributed by atoms with E-state index >= 15 is 0 Å². The maximum Gasteiger partial charge on any atom is 0.115 e. The van der Waals surface area contributed by atoms with Crippen LogP contribution in [0.5, 0.6) is 5.75 Å². The Hall–Kier alpha value is -1.06. The van der Waals surface area contributed by atoms with Gasteiger partial charge in [-0.1, -0.05) is 12.1 Å². The Morgan fingerprint density at radius 3 is 2.58 bits per heavy atom. The number of nitrogens with zero attached hydrogens (tertiary/aromatic N) is 1. The van der Waals surface area contributed by atoms with Crippen molar-refractivity contribution in [1.82, 2.24) is 10.2 Å². The minimum absolute atomic E-state index is 0.279. The number of benzene rings is 1. The molecule has 2 atom stereocenters. The van der Waals surface area contributed by atoms with E-state index in [-0.39, 0.29) is 6.04 Å². The van der Waals surface area contributed by atoms with Crippen molar-refractivity contribution in [3.63, 3.8) is 0 Å². The molecule has 0 amide bonds. The van der Waals surface area contributed by atoms with Gasteiger partial charge in [0.25, 0.3) is 0 Å². The van der Waals surface area contributed by atoms with Crippen molar-refractivity contribution in [1.29, 1.82) is 0 Å². The van der Waals surface area contributed by atoms with Crippen molar-refractivity contribution in [3.05, 3.63) is 29.8 Å². The van der Waals surface area contributed by atoms with Crippen LogP contribution in [-0.2, 0) is 0 Å². The minimum Gasteiger partial charge on any atom is -0.508 e. The minimum atomic E-state index is 0.279. The summed E-state index contributed by atoms with van der Waals surface area (Å²) in [6.07, 6.45) is 2.55. The lowest BCUT2D eigenvalue weighted by Gasteiger charge is -2.34. The van der Waals surface area contributed by atoms with Gasteiger partial charge in [0.05, 0.1) is 0 Å². The molecular weight excluding hydrogens is 236 g/mol. The summed E-state index contributed by atoms with van der Waals surface area (Å²) in [5.74, 6) is 1.11. The van der Waals surface area contributed by atoms with Crippen molar-refractivity contribution in [2.45, 2.75) is 38.8 Å². The number of hydrogen-bond acceptors (Lipinski definition) is 3. The highest BCUT2D eigenvalue weighted by atomic mass is 16.3. The number of aromatic hydroxyl groups is 1. The molecule has 1 aliphatic heterocycles. The van der Waals surface area contributed by atoms with Gasteiger partial charge in [-0.25, -0.2) is 0 Å². The first kappa shape index (κ1) is 14.4. The molecule has 3 heteroatoms. The fraction of sp³-hybridized carbons (Fsp3) is 0.625. The first-order chi connectivity index (χ1) is 9.06. The van der Waals surface area contributed by atoms with Gasteiger partial charge in [-0.05, 0) is 70.4 Å². The zero-order chi connectivity index (χ0) is 13.8. The zero-order valence-corrected chi connectivity index (χ0v) is 12.3. The van der Waals surface area contributed by atoms with Crippen LogP contribution in [0.3, 0.4) is 0 Å². The predicted octanol–water partition coefficient (Wildman–Crippen LogP) is 2.77. The van der Waals surface area contributed by atoms with Crippen LogP contribution in [-0.4, -0.2) is 36.2 Å². The molecule has 1 aromatic rings. The Morgan fingerprint density at radius 2 is 1.95 bits per heavy atom. The van der Waals surface area contributed by atoms with E-state index < -0.39 is 0 Å². The van der Waals surface area contributed by atoms with Crippen molar-refractivity contribution >= 4 is 0 Å². The molecule has 1 aromatic carbocycles. The lowest BCUT2D eigenvalue weighted by molar-refractivity contribution is 0.185. The van der Waals surface area contributed by atoms with E-state index in [0.29, 0.717) is 11.8 Å². The van der Waals surface area contributed by atoms with Crippen molar-refractivity contribution < 1.29 is 5.11 Å². The summed E-state index contributed by atoms with van der Waals surface area (Å²) >= 11 is 0. The summed E-state index contributed by atoms with van der Waals surface area (Å²) in [4.78, 5) is 2.40. The smallest absolute Gasteiger partial charge is 0.115 e. The molecule has 0 radical (unpaired) electrons. The van der Waals surface area contributed by atoms with Crippen LogP contribution >= 0.6 is 0 Å². The van der Waals surface area contributed by atoms with Crippen LogP contribution in [0.2, 0.25) is 0 Å². The van der Waals surface area contributed by atoms with E-state index in [4.69, 9.17) is 0 Å². The Labute approximate surface area is 116 Å². The summed E-state index contributed by atoms with van der Waals surface area (Å²) in [5.41, 5.74) is 1.15. The summed E-state index contributed by atoms with van der Waals surface area (Å²) in [7, 11) is 2.20. The lowest BCUT2D eigenvalue weighted by Crippen LogP contribution is -2.41. The maximum atomic E-state index is 9.54. The molecule has 0 spiro atoms. The molecule has 0 aromatic heterocycles. The first-order valence-electron chi connectivity index (χ1n) is 7.30. The van der Waals surface area contributed by atoms with Gasteiger partial charge < -0.3 is 15.3 Å². The van der Waals surface area contributed by atoms with Gasteiger partial charge in [-0.15, -0.1) is 0 Å². The van der Waals surface area contributed by atoms with E-state index in [2.05, 4.69) is 37.2 Å². The second-order valence-corrected chi connectivity index (χ2v) is 5.91. The van der Waals surface area contributed by atoms with Crippen molar-refractivity contribution in [3.8, 4) is 5.75 Å². The lowest BCUT2D eigenvalue weighted by atomic mass is 9.90. The average molecular weight is 262 g/mol. The number of phenolic OH excluding ortho intramolecular Hbond substituents is 1. The quantitative estimate of drug-likeness (QED) is 0.876. The van der Waals surface area contributed by atoms with Gasteiger partial charge in [-0.3, -0.25) is 0 Å². The summed E-state index contributed by atoms with van der Waals surface area (Å²) in [6, 6.07) is 8.34. The number of phenols is 1. The molecule has 1 saturated heterocycles. The third-order valence-corrected chi connectivity index (χ3v) is 4.35. The van der Waals surface area contributed by atoms with Gasteiger partial charge in [0, 0.05) is 12.1 Å². The molecule has 3 nitrogen and oxygen atoms in total. The number of nitrogens with one attached hydrogen (secondary N) is 1. The highest BCUT2D eigenvalue weighted by molar-refractivity contribution is 5.29. The normalized spacial score (nSPS) is 21.2. The monoisotopic (exact) mass is 262 g/mol. The fourth-order valence-corrected chi connectivity index (χ4v) is 2.95. The number of likely N-dealkylation sites (tertiary alicyclic amines) is 1. The van der Waals surface area contributed by atoms with E-state index in [1.165, 1.54) is 25.9 Å². The van der Waals surface area contributed by atoms with Crippen LogP contribution in [0.15, 0.2) is 24.3 Å². The Bertz CT molecular complexity index is 399. The topological polar surface area (TPSA) is 35.5 Å². The van der Waals surface area contributed by atoms with Gasteiger partial charge in [-0.2, -0.15) is 0 Å². The number of piperidine rings is 1. The van der Waals surface area contributed by atoms with E-state index in [1.54, 1.807) is 6.07 Å². The summed E-state index contributed by atoms with van der Waals surface area (Å²) in [6.45, 7) is 6.86. The van der Waals surface area contributed by atoms with Crippen LogP contribution in [0.4, 0.5) is 0 Å². The highest BCUT2D eigenvalue weighted by Crippen LogP contribution is 2.23. The van der Waals surface area contributed by atoms with Gasteiger partial charge in [0.2, 0.25) is 0 Å². The molecular formula is C16H26N2O. The van der Waals surface area contributed by atoms with E-state index in [1.807, 2.05) is 12.1 Å². The maximum absolute atomic E-state index is 9.54. The SMILES string of the molecule is CC(NC(C)C1CCN(C)CC1)c1cccc(O)c1. The van der Waals surface area contributed by atoms with Gasteiger partial charge >= 0.3 is 0 Å². The molecule has 1 fully saturated rings. The van der Waals surface area contributed by atoms with E-state index in [0.717, 1.165) is 11.5 Å². The molecule has 2 N–H and O–H groups in total. The predicted molar refractivity (Wildman–Crippen MR) is 79.3 cm³/mol. The molecule has 1 heterocycles. The molecule has 106 valence electrons. The zero-order valence-electron chi connectivity index (χ0n) is 12.3. The second kappa shape index (κ2) is 6.40. The molecule has 0 bridgehead atoms. The molecule has 19 heavy (non-hydrogen) atoms. The van der Waals surface area contributed by atoms with Crippen LogP contribution in [0, 0.1) is 5.92 Å². The third-order valence-electron chi connectivity index (χ3n) is 4.35. The fourth-order valence-electron chi connectivity index (χ4n) is 2.95. The van der Waals surface area contributed by atoms with Crippen molar-refractivity contribution in [2.24, 2.45) is 5.92 Å². The van der Waals surface area contributed by atoms with E-state index in [9.17, 15) is 5.11 Å². The Kier molecular flexibility index (Phi) is 4.83. The molecule has 1 aliphatic rings. The van der Waals surface area contributed by atoms with Crippen LogP contribution in [0.1, 0.15) is 38.3 Å². The summed E-state index contributed by atoms with van der Waals surface area (Å²) in [5, 5.41) is 13.2. The molecule has 0 saturated carbocycles. The van der Waals surface area contributed by atoms with Crippen LogP contribution in [0.25, 0.3) is 0 Å². The van der Waals surface area contributed by atoms with Gasteiger partial charge in [0.15, 0.2) is 0 Å². The number of hydrogen-bond donors (Lipinski definition) is 2. The molecule has 0 aliphatic carbocycles. The Balaban J connectivity index is 1.89. The number of rotatable bonds is 4. The Morgan fingerprint density at radius 1 is 1.26 bits per heavy atom. The average Bonchev–Trinajstić information content (AvgIpc) is 2.39. The van der Waals surface area contributed by atoms with Crippen LogP contribution < -0.4 is 5.32 Å². The van der Waals surface area contributed by atoms with Crippen molar-refractivity contribution in [2.75, 3.05) is 20.1 Å². The second-order valence-electron chi connectivity index (χ2n) is 5.91. The third kappa shape index (κ3) is 3.95. The highest BCUT2D eigenvalue weighted by Gasteiger charge is 2.23. The molecule has 2 rings (SSSR count). The molecule has 2 unspecified atom stereocenters. The van der Waals surface area contributed by atoms with Gasteiger partial charge in [0.1, 0.15) is 5.75 Å². The standard InChI is InChI=1S/C16H26N2O/c1-12(14-7-9-18(3)10-8-14)17-13(2)15-5-4-6-16(19)11-15/h4-6,11-14,17,19H,7-10H2,1-3H3. The summed E-state index contributed by atoms with van der Waals surface area (Å²) < 4.78 is 0. The first-order valence-corrected chi connectivity index (χ1v) is 7.30.